The summed E-state index contributed by atoms with van der Waals surface area (Å²) < 4.78 is 5.28. The summed E-state index contributed by atoms with van der Waals surface area (Å²) in [6.45, 7) is 4.12. The molecule has 0 heterocycles. The van der Waals surface area contributed by atoms with Gasteiger partial charge in [0.1, 0.15) is 5.75 Å². The molecule has 0 spiro atoms. The van der Waals surface area contributed by atoms with Crippen molar-refractivity contribution in [3.8, 4) is 5.75 Å². The topological polar surface area (TPSA) is 47.3 Å². The van der Waals surface area contributed by atoms with Crippen LogP contribution < -0.4 is 16.0 Å². The Balaban J connectivity index is 2.87. The number of aryl methyl sites for hydroxylation is 1. The van der Waals surface area contributed by atoms with Crippen LogP contribution in [-0.4, -0.2) is 13.2 Å². The largest absolute Gasteiger partial charge is 0.496 e. The van der Waals surface area contributed by atoms with E-state index in [0.717, 1.165) is 12.2 Å². The molecule has 0 aliphatic heterocycles. The quantitative estimate of drug-likeness (QED) is 0.562. The fourth-order valence-electron chi connectivity index (χ4n) is 1.46. The molecule has 0 radical (unpaired) electrons. The monoisotopic (exact) mass is 194 g/mol. The zero-order chi connectivity index (χ0) is 10.6. The Morgan fingerprint density at radius 1 is 1.50 bits per heavy atom. The number of methoxy groups -OCH3 is 1. The molecule has 3 N–H and O–H groups in total. The van der Waals surface area contributed by atoms with Gasteiger partial charge in [0.05, 0.1) is 7.11 Å². The molecule has 0 aliphatic carbocycles. The maximum Gasteiger partial charge on any atom is 0.122 e. The average Bonchev–Trinajstić information content (AvgIpc) is 2.18. The first-order valence-corrected chi connectivity index (χ1v) is 4.77. The summed E-state index contributed by atoms with van der Waals surface area (Å²) in [5.41, 5.74) is 5.16. The van der Waals surface area contributed by atoms with Gasteiger partial charge in [-0.1, -0.05) is 17.7 Å². The molecule has 0 amide bonds. The van der Waals surface area contributed by atoms with Crippen molar-refractivity contribution in [3.63, 3.8) is 0 Å². The van der Waals surface area contributed by atoms with Crippen LogP contribution in [0, 0.1) is 6.92 Å². The zero-order valence-corrected chi connectivity index (χ0v) is 9.00. The number of hydrazine groups is 1. The summed E-state index contributed by atoms with van der Waals surface area (Å²) in [5, 5.41) is 0. The third-order valence-corrected chi connectivity index (χ3v) is 2.25. The van der Waals surface area contributed by atoms with Crippen LogP contribution in [0.5, 0.6) is 5.75 Å². The van der Waals surface area contributed by atoms with Gasteiger partial charge in [0.25, 0.3) is 0 Å². The summed E-state index contributed by atoms with van der Waals surface area (Å²) in [6.07, 6.45) is 0.876. The molecule has 0 fully saturated rings. The standard InChI is InChI=1S/C11H18N2O/c1-8-4-5-11(14-3)10(6-8)7-9(2)13-12/h4-6,9,13H,7,12H2,1-3H3. The van der Waals surface area contributed by atoms with Crippen LogP contribution in [0.25, 0.3) is 0 Å². The lowest BCUT2D eigenvalue weighted by molar-refractivity contribution is 0.406. The van der Waals surface area contributed by atoms with Gasteiger partial charge in [-0.05, 0) is 31.9 Å². The molecule has 3 nitrogen and oxygen atoms in total. The number of benzene rings is 1. The third kappa shape index (κ3) is 2.72. The molecule has 1 aromatic carbocycles. The summed E-state index contributed by atoms with van der Waals surface area (Å²) in [4.78, 5) is 0. The van der Waals surface area contributed by atoms with Gasteiger partial charge in [0.2, 0.25) is 0 Å². The van der Waals surface area contributed by atoms with Crippen LogP contribution in [0.1, 0.15) is 18.1 Å². The highest BCUT2D eigenvalue weighted by Gasteiger charge is 2.06. The van der Waals surface area contributed by atoms with E-state index < -0.39 is 0 Å². The SMILES string of the molecule is COc1ccc(C)cc1CC(C)NN. The van der Waals surface area contributed by atoms with E-state index in [-0.39, 0.29) is 6.04 Å². The summed E-state index contributed by atoms with van der Waals surface area (Å²) >= 11 is 0. The first kappa shape index (κ1) is 11.0. The molecule has 0 bridgehead atoms. The lowest BCUT2D eigenvalue weighted by atomic mass is 10.0. The van der Waals surface area contributed by atoms with Crippen molar-refractivity contribution in [1.29, 1.82) is 0 Å². The molecule has 3 heteroatoms. The maximum atomic E-state index is 5.36. The van der Waals surface area contributed by atoms with Gasteiger partial charge in [-0.25, -0.2) is 0 Å². The molecule has 78 valence electrons. The predicted octanol–water partition coefficient (Wildman–Crippen LogP) is 1.40. The Kier molecular flexibility index (Phi) is 3.92. The van der Waals surface area contributed by atoms with E-state index in [1.807, 2.05) is 19.1 Å². The van der Waals surface area contributed by atoms with E-state index in [1.54, 1.807) is 7.11 Å². The Morgan fingerprint density at radius 2 is 2.21 bits per heavy atom. The predicted molar refractivity (Wildman–Crippen MR) is 58.2 cm³/mol. The molecule has 0 saturated carbocycles. The normalized spacial score (nSPS) is 12.6. The number of hydrogen-bond acceptors (Lipinski definition) is 3. The minimum atomic E-state index is 0.255. The second-order valence-electron chi connectivity index (χ2n) is 3.59. The Hall–Kier alpha value is -1.06. The Bertz CT molecular complexity index is 299. The van der Waals surface area contributed by atoms with Crippen molar-refractivity contribution < 1.29 is 4.74 Å². The van der Waals surface area contributed by atoms with Crippen molar-refractivity contribution in [3.05, 3.63) is 29.3 Å². The Labute approximate surface area is 85.2 Å². The third-order valence-electron chi connectivity index (χ3n) is 2.25. The molecule has 0 aromatic heterocycles. The Morgan fingerprint density at radius 3 is 2.79 bits per heavy atom. The number of nitrogens with two attached hydrogens (primary N) is 1. The van der Waals surface area contributed by atoms with Crippen LogP contribution >= 0.6 is 0 Å². The summed E-state index contributed by atoms with van der Waals surface area (Å²) in [7, 11) is 1.69. The number of rotatable bonds is 4. The molecule has 1 rings (SSSR count). The van der Waals surface area contributed by atoms with E-state index in [1.165, 1.54) is 11.1 Å². The van der Waals surface area contributed by atoms with Gasteiger partial charge in [-0.3, -0.25) is 11.3 Å². The molecule has 0 saturated heterocycles. The van der Waals surface area contributed by atoms with E-state index in [2.05, 4.69) is 18.4 Å². The average molecular weight is 194 g/mol. The first-order valence-electron chi connectivity index (χ1n) is 4.77. The number of ether oxygens (including phenoxy) is 1. The fraction of sp³-hybridized carbons (Fsp3) is 0.455. The molecular weight excluding hydrogens is 176 g/mol. The number of nitrogens with one attached hydrogen (secondary N) is 1. The molecule has 1 atom stereocenters. The fourth-order valence-corrected chi connectivity index (χ4v) is 1.46. The van der Waals surface area contributed by atoms with Crippen LogP contribution in [0.3, 0.4) is 0 Å². The van der Waals surface area contributed by atoms with Crippen molar-refractivity contribution >= 4 is 0 Å². The van der Waals surface area contributed by atoms with Crippen LogP contribution in [0.15, 0.2) is 18.2 Å². The van der Waals surface area contributed by atoms with Gasteiger partial charge in [-0.15, -0.1) is 0 Å². The van der Waals surface area contributed by atoms with Gasteiger partial charge < -0.3 is 4.74 Å². The summed E-state index contributed by atoms with van der Waals surface area (Å²) in [5.74, 6) is 6.29. The molecule has 1 unspecified atom stereocenters. The van der Waals surface area contributed by atoms with E-state index >= 15 is 0 Å². The second kappa shape index (κ2) is 4.98. The summed E-state index contributed by atoms with van der Waals surface area (Å²) in [6, 6.07) is 6.43. The number of hydrogen-bond donors (Lipinski definition) is 2. The highest BCUT2D eigenvalue weighted by molar-refractivity contribution is 5.37. The van der Waals surface area contributed by atoms with Crippen molar-refractivity contribution in [2.24, 2.45) is 5.84 Å². The van der Waals surface area contributed by atoms with Crippen molar-refractivity contribution in [2.75, 3.05) is 7.11 Å². The minimum absolute atomic E-state index is 0.255. The minimum Gasteiger partial charge on any atom is -0.496 e. The van der Waals surface area contributed by atoms with Crippen LogP contribution in [-0.2, 0) is 6.42 Å². The second-order valence-corrected chi connectivity index (χ2v) is 3.59. The lowest BCUT2D eigenvalue weighted by Crippen LogP contribution is -2.34. The van der Waals surface area contributed by atoms with E-state index in [0.29, 0.717) is 0 Å². The van der Waals surface area contributed by atoms with Crippen molar-refractivity contribution in [2.45, 2.75) is 26.3 Å². The first-order chi connectivity index (χ1) is 6.67. The van der Waals surface area contributed by atoms with Gasteiger partial charge in [0.15, 0.2) is 0 Å². The van der Waals surface area contributed by atoms with Gasteiger partial charge in [0, 0.05) is 6.04 Å². The van der Waals surface area contributed by atoms with Crippen LogP contribution in [0.4, 0.5) is 0 Å². The molecular formula is C11H18N2O. The zero-order valence-electron chi connectivity index (χ0n) is 9.00. The molecule has 1 aromatic rings. The van der Waals surface area contributed by atoms with Crippen molar-refractivity contribution in [1.82, 2.24) is 5.43 Å². The maximum absolute atomic E-state index is 5.36. The highest BCUT2D eigenvalue weighted by Crippen LogP contribution is 2.20. The van der Waals surface area contributed by atoms with E-state index in [9.17, 15) is 0 Å². The highest BCUT2D eigenvalue weighted by atomic mass is 16.5. The van der Waals surface area contributed by atoms with Crippen LogP contribution in [0.2, 0.25) is 0 Å². The molecule has 0 aliphatic rings. The lowest BCUT2D eigenvalue weighted by Gasteiger charge is -2.13. The van der Waals surface area contributed by atoms with Gasteiger partial charge in [-0.2, -0.15) is 0 Å². The van der Waals surface area contributed by atoms with Gasteiger partial charge >= 0.3 is 0 Å². The smallest absolute Gasteiger partial charge is 0.122 e. The molecule has 14 heavy (non-hydrogen) atoms. The van der Waals surface area contributed by atoms with E-state index in [4.69, 9.17) is 10.6 Å².